The molecule has 2 rings (SSSR count). The summed E-state index contributed by atoms with van der Waals surface area (Å²) >= 11 is 5.70. The van der Waals surface area contributed by atoms with Crippen molar-refractivity contribution in [3.8, 4) is 5.75 Å². The van der Waals surface area contributed by atoms with Crippen molar-refractivity contribution in [1.82, 2.24) is 5.32 Å². The Labute approximate surface area is 121 Å². The largest absolute Gasteiger partial charge is 0.477 e. The van der Waals surface area contributed by atoms with Crippen LogP contribution in [0.15, 0.2) is 18.2 Å². The zero-order valence-electron chi connectivity index (χ0n) is 10.8. The van der Waals surface area contributed by atoms with Crippen LogP contribution >= 0.6 is 11.6 Å². The lowest BCUT2D eigenvalue weighted by molar-refractivity contribution is -0.385. The zero-order valence-corrected chi connectivity index (χ0v) is 11.6. The summed E-state index contributed by atoms with van der Waals surface area (Å²) in [5.74, 6) is -0.220. The number of hydrogen-bond acceptors (Lipinski definition) is 4. The number of nitro groups is 1. The second kappa shape index (κ2) is 6.56. The van der Waals surface area contributed by atoms with Gasteiger partial charge in [0, 0.05) is 17.1 Å². The molecule has 1 amide bonds. The lowest BCUT2D eigenvalue weighted by atomic mass is 10.2. The molecule has 0 saturated heterocycles. The van der Waals surface area contributed by atoms with Crippen LogP contribution in [0.2, 0.25) is 5.02 Å². The molecule has 108 valence electrons. The van der Waals surface area contributed by atoms with Crippen molar-refractivity contribution in [2.45, 2.75) is 31.7 Å². The molecule has 0 aromatic heterocycles. The Balaban J connectivity index is 1.93. The Kier molecular flexibility index (Phi) is 4.79. The predicted molar refractivity (Wildman–Crippen MR) is 74.0 cm³/mol. The summed E-state index contributed by atoms with van der Waals surface area (Å²) in [6, 6.07) is 4.28. The highest BCUT2D eigenvalue weighted by molar-refractivity contribution is 6.30. The standard InChI is InChI=1S/C13H15ClN2O4/c14-9-5-6-12(11(7-9)16(18)19)20-8-13(17)15-10-3-1-2-4-10/h5-7,10H,1-4,8H2,(H,15,17). The molecule has 1 aliphatic carbocycles. The molecule has 1 saturated carbocycles. The SMILES string of the molecule is O=C(COc1ccc(Cl)cc1[N+](=O)[O-])NC1CCCC1. The van der Waals surface area contributed by atoms with Crippen LogP contribution in [0.1, 0.15) is 25.7 Å². The number of hydrogen-bond donors (Lipinski definition) is 1. The van der Waals surface area contributed by atoms with Gasteiger partial charge in [0.15, 0.2) is 12.4 Å². The summed E-state index contributed by atoms with van der Waals surface area (Å²) in [5.41, 5.74) is -0.244. The first-order chi connectivity index (χ1) is 9.56. The monoisotopic (exact) mass is 298 g/mol. The molecule has 0 aliphatic heterocycles. The van der Waals surface area contributed by atoms with E-state index in [-0.39, 0.29) is 35.0 Å². The third-order valence-corrected chi connectivity index (χ3v) is 3.43. The van der Waals surface area contributed by atoms with E-state index in [9.17, 15) is 14.9 Å². The van der Waals surface area contributed by atoms with Crippen molar-refractivity contribution >= 4 is 23.2 Å². The van der Waals surface area contributed by atoms with Crippen LogP contribution in [0.3, 0.4) is 0 Å². The fourth-order valence-electron chi connectivity index (χ4n) is 2.24. The highest BCUT2D eigenvalue weighted by Gasteiger charge is 2.19. The number of rotatable bonds is 5. The Bertz CT molecular complexity index is 515. The van der Waals surface area contributed by atoms with E-state index < -0.39 is 4.92 Å². The molecule has 0 spiro atoms. The summed E-state index contributed by atoms with van der Waals surface area (Å²) in [6.07, 6.45) is 4.20. The van der Waals surface area contributed by atoms with Gasteiger partial charge in [-0.1, -0.05) is 24.4 Å². The summed E-state index contributed by atoms with van der Waals surface area (Å²) in [4.78, 5) is 22.0. The quantitative estimate of drug-likeness (QED) is 0.669. The van der Waals surface area contributed by atoms with Crippen LogP contribution < -0.4 is 10.1 Å². The molecule has 1 N–H and O–H groups in total. The second-order valence-corrected chi connectivity index (χ2v) is 5.14. The van der Waals surface area contributed by atoms with Crippen molar-refractivity contribution in [3.63, 3.8) is 0 Å². The predicted octanol–water partition coefficient (Wildman–Crippen LogP) is 2.69. The summed E-state index contributed by atoms with van der Waals surface area (Å²) in [7, 11) is 0. The van der Waals surface area contributed by atoms with E-state index in [2.05, 4.69) is 5.32 Å². The number of halogens is 1. The number of nitrogens with one attached hydrogen (secondary N) is 1. The lowest BCUT2D eigenvalue weighted by Gasteiger charge is -2.12. The van der Waals surface area contributed by atoms with Gasteiger partial charge in [0.2, 0.25) is 0 Å². The molecule has 6 nitrogen and oxygen atoms in total. The van der Waals surface area contributed by atoms with Crippen LogP contribution in [-0.2, 0) is 4.79 Å². The number of amides is 1. The average molecular weight is 299 g/mol. The minimum atomic E-state index is -0.587. The van der Waals surface area contributed by atoms with Crippen LogP contribution in [0.25, 0.3) is 0 Å². The fourth-order valence-corrected chi connectivity index (χ4v) is 2.40. The topological polar surface area (TPSA) is 81.5 Å². The maximum absolute atomic E-state index is 11.7. The first-order valence-corrected chi connectivity index (χ1v) is 6.80. The lowest BCUT2D eigenvalue weighted by Crippen LogP contribution is -2.36. The molecular weight excluding hydrogens is 284 g/mol. The van der Waals surface area contributed by atoms with E-state index in [0.717, 1.165) is 25.7 Å². The Morgan fingerprint density at radius 3 is 2.80 bits per heavy atom. The molecule has 1 aromatic rings. The van der Waals surface area contributed by atoms with Crippen molar-refractivity contribution in [2.24, 2.45) is 0 Å². The molecule has 20 heavy (non-hydrogen) atoms. The molecule has 1 fully saturated rings. The first-order valence-electron chi connectivity index (χ1n) is 6.42. The molecule has 0 unspecified atom stereocenters. The van der Waals surface area contributed by atoms with Crippen LogP contribution in [0.5, 0.6) is 5.75 Å². The number of ether oxygens (including phenoxy) is 1. The normalized spacial score (nSPS) is 15.1. The highest BCUT2D eigenvalue weighted by Crippen LogP contribution is 2.29. The smallest absolute Gasteiger partial charge is 0.312 e. The van der Waals surface area contributed by atoms with Crippen molar-refractivity contribution in [1.29, 1.82) is 0 Å². The molecular formula is C13H15ClN2O4. The average Bonchev–Trinajstić information content (AvgIpc) is 2.90. The molecule has 1 aliphatic rings. The van der Waals surface area contributed by atoms with Gasteiger partial charge in [0.05, 0.1) is 4.92 Å². The molecule has 0 bridgehead atoms. The minimum absolute atomic E-state index is 0.0426. The number of carbonyl (C=O) groups is 1. The Hall–Kier alpha value is -1.82. The molecule has 1 aromatic carbocycles. The van der Waals surface area contributed by atoms with Gasteiger partial charge >= 0.3 is 5.69 Å². The van der Waals surface area contributed by atoms with E-state index in [1.165, 1.54) is 18.2 Å². The Morgan fingerprint density at radius 2 is 2.15 bits per heavy atom. The van der Waals surface area contributed by atoms with Gasteiger partial charge < -0.3 is 10.1 Å². The Morgan fingerprint density at radius 1 is 1.45 bits per heavy atom. The van der Waals surface area contributed by atoms with Gasteiger partial charge in [-0.2, -0.15) is 0 Å². The number of carbonyl (C=O) groups excluding carboxylic acids is 1. The van der Waals surface area contributed by atoms with E-state index >= 15 is 0 Å². The fraction of sp³-hybridized carbons (Fsp3) is 0.462. The van der Waals surface area contributed by atoms with Gasteiger partial charge in [-0.15, -0.1) is 0 Å². The highest BCUT2D eigenvalue weighted by atomic mass is 35.5. The molecule has 0 atom stereocenters. The van der Waals surface area contributed by atoms with Crippen LogP contribution in [-0.4, -0.2) is 23.5 Å². The van der Waals surface area contributed by atoms with Gasteiger partial charge in [-0.25, -0.2) is 0 Å². The van der Waals surface area contributed by atoms with Crippen molar-refractivity contribution in [3.05, 3.63) is 33.3 Å². The second-order valence-electron chi connectivity index (χ2n) is 4.71. The van der Waals surface area contributed by atoms with Gasteiger partial charge in [0.1, 0.15) is 0 Å². The van der Waals surface area contributed by atoms with E-state index in [4.69, 9.17) is 16.3 Å². The van der Waals surface area contributed by atoms with Gasteiger partial charge in [-0.05, 0) is 25.0 Å². The third kappa shape index (κ3) is 3.84. The number of nitro benzene ring substituents is 1. The maximum Gasteiger partial charge on any atom is 0.312 e. The van der Waals surface area contributed by atoms with Crippen molar-refractivity contribution < 1.29 is 14.5 Å². The number of benzene rings is 1. The zero-order chi connectivity index (χ0) is 14.5. The van der Waals surface area contributed by atoms with Crippen LogP contribution in [0, 0.1) is 10.1 Å². The van der Waals surface area contributed by atoms with E-state index in [1.54, 1.807) is 0 Å². The summed E-state index contributed by atoms with van der Waals surface area (Å²) < 4.78 is 5.21. The van der Waals surface area contributed by atoms with Gasteiger partial charge in [0.25, 0.3) is 5.91 Å². The maximum atomic E-state index is 11.7. The third-order valence-electron chi connectivity index (χ3n) is 3.20. The van der Waals surface area contributed by atoms with Gasteiger partial charge in [-0.3, -0.25) is 14.9 Å². The van der Waals surface area contributed by atoms with E-state index in [1.807, 2.05) is 0 Å². The summed E-state index contributed by atoms with van der Waals surface area (Å²) in [5, 5.41) is 14.0. The molecule has 0 heterocycles. The first kappa shape index (κ1) is 14.6. The van der Waals surface area contributed by atoms with E-state index in [0.29, 0.717) is 0 Å². The summed E-state index contributed by atoms with van der Waals surface area (Å²) in [6.45, 7) is -0.237. The van der Waals surface area contributed by atoms with Crippen molar-refractivity contribution in [2.75, 3.05) is 6.61 Å². The molecule has 7 heteroatoms. The minimum Gasteiger partial charge on any atom is -0.477 e. The number of nitrogens with zero attached hydrogens (tertiary/aromatic N) is 1. The molecule has 0 radical (unpaired) electrons. The van der Waals surface area contributed by atoms with Crippen LogP contribution in [0.4, 0.5) is 5.69 Å².